The van der Waals surface area contributed by atoms with Crippen molar-refractivity contribution in [3.05, 3.63) is 29.8 Å². The molecule has 1 heterocycles. The number of aromatic hydroxyl groups is 1. The molecule has 1 aliphatic rings. The molecule has 0 aliphatic carbocycles. The molecule has 0 saturated carbocycles. The molecule has 116 valence electrons. The van der Waals surface area contributed by atoms with Crippen LogP contribution in [0.5, 0.6) is 5.75 Å². The average molecular weight is 293 g/mol. The third-order valence-electron chi connectivity index (χ3n) is 3.63. The molecule has 0 aromatic heterocycles. The molecule has 1 aliphatic heterocycles. The quantitative estimate of drug-likeness (QED) is 0.827. The number of phenolic OH excluding ortho intramolecular Hbond substituents is 1. The van der Waals surface area contributed by atoms with Gasteiger partial charge >= 0.3 is 5.97 Å². The van der Waals surface area contributed by atoms with Gasteiger partial charge in [0, 0.05) is 12.8 Å². The van der Waals surface area contributed by atoms with E-state index in [0.717, 1.165) is 5.56 Å². The lowest BCUT2D eigenvalue weighted by atomic mass is 10.0. The summed E-state index contributed by atoms with van der Waals surface area (Å²) in [5.41, 5.74) is 6.80. The summed E-state index contributed by atoms with van der Waals surface area (Å²) in [7, 11) is 0. The molecule has 1 aromatic rings. The highest BCUT2D eigenvalue weighted by Crippen LogP contribution is 2.22. The van der Waals surface area contributed by atoms with Crippen LogP contribution in [-0.2, 0) is 20.7 Å². The van der Waals surface area contributed by atoms with E-state index in [-0.39, 0.29) is 30.0 Å². The summed E-state index contributed by atoms with van der Waals surface area (Å²) >= 11 is 0. The zero-order chi connectivity index (χ0) is 15.4. The molecule has 3 atom stereocenters. The summed E-state index contributed by atoms with van der Waals surface area (Å²) in [5, 5.41) is 9.23. The Morgan fingerprint density at radius 3 is 2.48 bits per heavy atom. The lowest BCUT2D eigenvalue weighted by Crippen LogP contribution is -2.41. The van der Waals surface area contributed by atoms with Gasteiger partial charge in [0.1, 0.15) is 17.9 Å². The predicted octanol–water partition coefficient (Wildman–Crippen LogP) is 1.76. The topological polar surface area (TPSA) is 81.8 Å². The van der Waals surface area contributed by atoms with E-state index in [1.807, 2.05) is 13.8 Å². The predicted molar refractivity (Wildman–Crippen MR) is 78.9 cm³/mol. The monoisotopic (exact) mass is 293 g/mol. The Morgan fingerprint density at radius 2 is 1.90 bits per heavy atom. The molecule has 2 rings (SSSR count). The van der Waals surface area contributed by atoms with Crippen molar-refractivity contribution < 1.29 is 19.4 Å². The Bertz CT molecular complexity index is 464. The molecular weight excluding hydrogens is 270 g/mol. The molecule has 5 nitrogen and oxygen atoms in total. The van der Waals surface area contributed by atoms with Crippen LogP contribution >= 0.6 is 0 Å². The number of ether oxygens (including phenoxy) is 2. The first-order valence-electron chi connectivity index (χ1n) is 7.33. The van der Waals surface area contributed by atoms with E-state index >= 15 is 0 Å². The van der Waals surface area contributed by atoms with E-state index in [9.17, 15) is 9.90 Å². The van der Waals surface area contributed by atoms with Crippen molar-refractivity contribution in [2.24, 2.45) is 5.73 Å². The van der Waals surface area contributed by atoms with Crippen molar-refractivity contribution in [2.45, 2.75) is 57.5 Å². The minimum Gasteiger partial charge on any atom is -0.508 e. The standard InChI is InChI=1S/C16H23NO4/c1-10-7-14(8-11(2)20-10)21-16(19)15(17)9-12-3-5-13(18)6-4-12/h3-6,10-11,14-15,18H,7-9,17H2,1-2H3/t10?,11?,14?,15-/m0/s1. The van der Waals surface area contributed by atoms with Crippen LogP contribution in [0.25, 0.3) is 0 Å². The van der Waals surface area contributed by atoms with Gasteiger partial charge in [-0.1, -0.05) is 12.1 Å². The van der Waals surface area contributed by atoms with Gasteiger partial charge in [-0.2, -0.15) is 0 Å². The molecule has 1 saturated heterocycles. The number of carbonyl (C=O) groups is 1. The summed E-state index contributed by atoms with van der Waals surface area (Å²) in [6, 6.07) is 5.97. The normalized spacial score (nSPS) is 27.1. The van der Waals surface area contributed by atoms with Crippen LogP contribution in [-0.4, -0.2) is 35.4 Å². The van der Waals surface area contributed by atoms with Gasteiger partial charge < -0.3 is 20.3 Å². The third-order valence-corrected chi connectivity index (χ3v) is 3.63. The van der Waals surface area contributed by atoms with Crippen molar-refractivity contribution in [3.63, 3.8) is 0 Å². The Balaban J connectivity index is 1.86. The van der Waals surface area contributed by atoms with E-state index in [4.69, 9.17) is 15.2 Å². The van der Waals surface area contributed by atoms with Crippen LogP contribution in [0.3, 0.4) is 0 Å². The second-order valence-electron chi connectivity index (χ2n) is 5.76. The Kier molecular flexibility index (Phi) is 5.20. The van der Waals surface area contributed by atoms with E-state index in [2.05, 4.69) is 0 Å². The molecular formula is C16H23NO4. The van der Waals surface area contributed by atoms with Crippen molar-refractivity contribution >= 4 is 5.97 Å². The van der Waals surface area contributed by atoms with Crippen LogP contribution in [0.1, 0.15) is 32.3 Å². The number of esters is 1. The second kappa shape index (κ2) is 6.91. The fraction of sp³-hybridized carbons (Fsp3) is 0.562. The van der Waals surface area contributed by atoms with Gasteiger partial charge in [-0.25, -0.2) is 0 Å². The van der Waals surface area contributed by atoms with Gasteiger partial charge in [-0.05, 0) is 38.0 Å². The molecule has 0 bridgehead atoms. The highest BCUT2D eigenvalue weighted by Gasteiger charge is 2.28. The Labute approximate surface area is 125 Å². The smallest absolute Gasteiger partial charge is 0.323 e. The van der Waals surface area contributed by atoms with Gasteiger partial charge in [0.2, 0.25) is 0 Å². The average Bonchev–Trinajstić information content (AvgIpc) is 2.40. The van der Waals surface area contributed by atoms with Crippen LogP contribution in [0.4, 0.5) is 0 Å². The maximum absolute atomic E-state index is 12.1. The summed E-state index contributed by atoms with van der Waals surface area (Å²) in [5.74, 6) is -0.186. The minimum absolute atomic E-state index is 0.0971. The number of hydrogen-bond acceptors (Lipinski definition) is 5. The molecule has 1 aromatic carbocycles. The van der Waals surface area contributed by atoms with Gasteiger partial charge in [-0.15, -0.1) is 0 Å². The molecule has 21 heavy (non-hydrogen) atoms. The summed E-state index contributed by atoms with van der Waals surface area (Å²) < 4.78 is 11.1. The first kappa shape index (κ1) is 15.8. The van der Waals surface area contributed by atoms with E-state index in [0.29, 0.717) is 19.3 Å². The number of phenols is 1. The van der Waals surface area contributed by atoms with E-state index in [1.54, 1.807) is 24.3 Å². The Hall–Kier alpha value is -1.59. The van der Waals surface area contributed by atoms with Crippen LogP contribution < -0.4 is 5.73 Å². The molecule has 3 N–H and O–H groups in total. The maximum atomic E-state index is 12.1. The van der Waals surface area contributed by atoms with Gasteiger partial charge in [-0.3, -0.25) is 4.79 Å². The maximum Gasteiger partial charge on any atom is 0.323 e. The molecule has 0 amide bonds. The van der Waals surface area contributed by atoms with E-state index in [1.165, 1.54) is 0 Å². The number of carbonyl (C=O) groups excluding carboxylic acids is 1. The second-order valence-corrected chi connectivity index (χ2v) is 5.76. The van der Waals surface area contributed by atoms with Crippen LogP contribution in [0.15, 0.2) is 24.3 Å². The first-order valence-corrected chi connectivity index (χ1v) is 7.33. The number of hydrogen-bond donors (Lipinski definition) is 2. The highest BCUT2D eigenvalue weighted by molar-refractivity contribution is 5.76. The summed E-state index contributed by atoms with van der Waals surface area (Å²) in [4.78, 5) is 12.1. The largest absolute Gasteiger partial charge is 0.508 e. The minimum atomic E-state index is -0.692. The molecule has 5 heteroatoms. The molecule has 0 radical (unpaired) electrons. The molecule has 1 fully saturated rings. The number of nitrogens with two attached hydrogens (primary N) is 1. The lowest BCUT2D eigenvalue weighted by molar-refractivity contribution is -0.161. The number of benzene rings is 1. The SMILES string of the molecule is CC1CC(OC(=O)[C@@H](N)Cc2ccc(O)cc2)CC(C)O1. The fourth-order valence-electron chi connectivity index (χ4n) is 2.66. The van der Waals surface area contributed by atoms with E-state index < -0.39 is 6.04 Å². The van der Waals surface area contributed by atoms with Crippen molar-refractivity contribution in [1.29, 1.82) is 0 Å². The van der Waals surface area contributed by atoms with Crippen molar-refractivity contribution in [3.8, 4) is 5.75 Å². The Morgan fingerprint density at radius 1 is 1.33 bits per heavy atom. The highest BCUT2D eigenvalue weighted by atomic mass is 16.6. The van der Waals surface area contributed by atoms with Gasteiger partial charge in [0.15, 0.2) is 0 Å². The van der Waals surface area contributed by atoms with Crippen molar-refractivity contribution in [2.75, 3.05) is 0 Å². The van der Waals surface area contributed by atoms with Crippen LogP contribution in [0, 0.1) is 0 Å². The third kappa shape index (κ3) is 4.72. The molecule has 0 spiro atoms. The zero-order valence-electron chi connectivity index (χ0n) is 12.5. The van der Waals surface area contributed by atoms with Crippen molar-refractivity contribution in [1.82, 2.24) is 0 Å². The first-order chi connectivity index (χ1) is 9.94. The zero-order valence-corrected chi connectivity index (χ0v) is 12.5. The summed E-state index contributed by atoms with van der Waals surface area (Å²) in [6.07, 6.45) is 1.89. The number of rotatable bonds is 4. The van der Waals surface area contributed by atoms with Gasteiger partial charge in [0.05, 0.1) is 12.2 Å². The lowest BCUT2D eigenvalue weighted by Gasteiger charge is -2.32. The van der Waals surface area contributed by atoms with Gasteiger partial charge in [0.25, 0.3) is 0 Å². The summed E-state index contributed by atoms with van der Waals surface area (Å²) in [6.45, 7) is 3.96. The molecule has 2 unspecified atom stereocenters. The van der Waals surface area contributed by atoms with Crippen LogP contribution in [0.2, 0.25) is 0 Å². The fourth-order valence-corrected chi connectivity index (χ4v) is 2.66.